The van der Waals surface area contributed by atoms with Crippen molar-refractivity contribution in [3.63, 3.8) is 0 Å². The monoisotopic (exact) mass is 297 g/mol. The van der Waals surface area contributed by atoms with Crippen LogP contribution in [0.4, 0.5) is 0 Å². The van der Waals surface area contributed by atoms with E-state index in [2.05, 4.69) is 72.1 Å². The van der Waals surface area contributed by atoms with Crippen molar-refractivity contribution < 1.29 is 0 Å². The Bertz CT molecular complexity index is 297. The van der Waals surface area contributed by atoms with E-state index in [0.717, 1.165) is 17.8 Å². The lowest BCUT2D eigenvalue weighted by atomic mass is 10.0. The highest BCUT2D eigenvalue weighted by Crippen LogP contribution is 2.19. The number of rotatable bonds is 7. The smallest absolute Gasteiger partial charge is 0.0112 e. The van der Waals surface area contributed by atoms with Gasteiger partial charge in [0.1, 0.15) is 0 Å². The lowest BCUT2D eigenvalue weighted by Gasteiger charge is -2.23. The van der Waals surface area contributed by atoms with Crippen molar-refractivity contribution in [1.82, 2.24) is 4.90 Å². The highest BCUT2D eigenvalue weighted by Gasteiger charge is 2.12. The van der Waals surface area contributed by atoms with Gasteiger partial charge in [0.25, 0.3) is 0 Å². The van der Waals surface area contributed by atoms with Crippen molar-refractivity contribution in [3.05, 3.63) is 35.9 Å². The van der Waals surface area contributed by atoms with Gasteiger partial charge in [0, 0.05) is 17.8 Å². The topological polar surface area (TPSA) is 3.24 Å². The molecule has 0 heterocycles. The first kappa shape index (κ1) is 14.7. The maximum atomic E-state index is 3.63. The standard InChI is InChI=1S/C15H24BrN/c1-13(2)9-10-17(3)12-15(11-16)14-7-5-4-6-8-14/h4-8,13,15H,9-12H2,1-3H3. The van der Waals surface area contributed by atoms with Gasteiger partial charge in [-0.1, -0.05) is 60.1 Å². The molecule has 0 aliphatic heterocycles. The molecule has 0 bridgehead atoms. The summed E-state index contributed by atoms with van der Waals surface area (Å²) in [7, 11) is 2.22. The summed E-state index contributed by atoms with van der Waals surface area (Å²) in [6.45, 7) is 6.88. The lowest BCUT2D eigenvalue weighted by molar-refractivity contribution is 0.298. The fourth-order valence-electron chi connectivity index (χ4n) is 1.91. The van der Waals surface area contributed by atoms with E-state index in [0.29, 0.717) is 5.92 Å². The second-order valence-electron chi connectivity index (χ2n) is 5.21. The molecule has 0 radical (unpaired) electrons. The Labute approximate surface area is 114 Å². The van der Waals surface area contributed by atoms with E-state index in [-0.39, 0.29) is 0 Å². The van der Waals surface area contributed by atoms with E-state index in [1.54, 1.807) is 0 Å². The average molecular weight is 298 g/mol. The molecule has 0 N–H and O–H groups in total. The molecule has 0 aliphatic rings. The van der Waals surface area contributed by atoms with Crippen LogP contribution < -0.4 is 0 Å². The van der Waals surface area contributed by atoms with E-state index < -0.39 is 0 Å². The lowest BCUT2D eigenvalue weighted by Crippen LogP contribution is -2.27. The molecule has 0 fully saturated rings. The third kappa shape index (κ3) is 5.69. The zero-order chi connectivity index (χ0) is 12.7. The molecule has 1 atom stereocenters. The van der Waals surface area contributed by atoms with Gasteiger partial charge in [-0.3, -0.25) is 0 Å². The summed E-state index contributed by atoms with van der Waals surface area (Å²) in [5.41, 5.74) is 1.43. The first-order chi connectivity index (χ1) is 8.13. The quantitative estimate of drug-likeness (QED) is 0.684. The van der Waals surface area contributed by atoms with Gasteiger partial charge in [0.2, 0.25) is 0 Å². The third-order valence-electron chi connectivity index (χ3n) is 3.08. The SMILES string of the molecule is CC(C)CCN(C)CC(CBr)c1ccccc1. The number of hydrogen-bond acceptors (Lipinski definition) is 1. The molecule has 2 heteroatoms. The molecule has 0 saturated carbocycles. The van der Waals surface area contributed by atoms with E-state index in [1.165, 1.54) is 18.5 Å². The summed E-state index contributed by atoms with van der Waals surface area (Å²) >= 11 is 3.63. The van der Waals surface area contributed by atoms with Crippen LogP contribution in [0.15, 0.2) is 30.3 Å². The van der Waals surface area contributed by atoms with E-state index in [1.807, 2.05) is 0 Å². The number of hydrogen-bond donors (Lipinski definition) is 0. The van der Waals surface area contributed by atoms with Gasteiger partial charge in [-0.2, -0.15) is 0 Å². The molecular weight excluding hydrogens is 274 g/mol. The predicted molar refractivity (Wildman–Crippen MR) is 79.9 cm³/mol. The van der Waals surface area contributed by atoms with E-state index >= 15 is 0 Å². The van der Waals surface area contributed by atoms with Crippen molar-refractivity contribution in [2.75, 3.05) is 25.5 Å². The fraction of sp³-hybridized carbons (Fsp3) is 0.600. The van der Waals surface area contributed by atoms with Crippen LogP contribution in [-0.2, 0) is 0 Å². The second-order valence-corrected chi connectivity index (χ2v) is 5.85. The highest BCUT2D eigenvalue weighted by molar-refractivity contribution is 9.09. The molecule has 0 aromatic heterocycles. The number of likely N-dealkylation sites (N-methyl/N-ethyl adjacent to an activating group) is 1. The minimum atomic E-state index is 0.591. The third-order valence-corrected chi connectivity index (χ3v) is 3.86. The largest absolute Gasteiger partial charge is 0.306 e. The van der Waals surface area contributed by atoms with Gasteiger partial charge in [-0.05, 0) is 31.5 Å². The van der Waals surface area contributed by atoms with Crippen LogP contribution in [0.25, 0.3) is 0 Å². The first-order valence-electron chi connectivity index (χ1n) is 6.43. The number of benzene rings is 1. The average Bonchev–Trinajstić information content (AvgIpc) is 2.34. The van der Waals surface area contributed by atoms with Crippen LogP contribution in [0.2, 0.25) is 0 Å². The minimum absolute atomic E-state index is 0.591. The van der Waals surface area contributed by atoms with Crippen molar-refractivity contribution in [3.8, 4) is 0 Å². The zero-order valence-electron chi connectivity index (χ0n) is 11.2. The van der Waals surface area contributed by atoms with Gasteiger partial charge in [-0.25, -0.2) is 0 Å². The summed E-state index contributed by atoms with van der Waals surface area (Å²) in [5.74, 6) is 1.38. The molecule has 1 nitrogen and oxygen atoms in total. The zero-order valence-corrected chi connectivity index (χ0v) is 12.8. The van der Waals surface area contributed by atoms with Crippen LogP contribution in [0.3, 0.4) is 0 Å². The summed E-state index contributed by atoms with van der Waals surface area (Å²) in [5, 5.41) is 1.03. The Morgan fingerprint density at radius 2 is 1.82 bits per heavy atom. The minimum Gasteiger partial charge on any atom is -0.306 e. The predicted octanol–water partition coefficient (Wildman–Crippen LogP) is 4.14. The maximum absolute atomic E-state index is 3.63. The molecule has 1 aromatic rings. The highest BCUT2D eigenvalue weighted by atomic mass is 79.9. The second kappa shape index (κ2) is 7.88. The van der Waals surface area contributed by atoms with Crippen LogP contribution in [0.5, 0.6) is 0 Å². The molecular formula is C15H24BrN. The Morgan fingerprint density at radius 1 is 1.18 bits per heavy atom. The summed E-state index contributed by atoms with van der Waals surface area (Å²) in [4.78, 5) is 2.44. The van der Waals surface area contributed by atoms with Gasteiger partial charge in [0.15, 0.2) is 0 Å². The maximum Gasteiger partial charge on any atom is 0.0112 e. The van der Waals surface area contributed by atoms with E-state index in [9.17, 15) is 0 Å². The molecule has 1 aromatic carbocycles. The van der Waals surface area contributed by atoms with Crippen molar-refractivity contribution in [2.24, 2.45) is 5.92 Å². The summed E-state index contributed by atoms with van der Waals surface area (Å²) in [6, 6.07) is 10.8. The Kier molecular flexibility index (Phi) is 6.83. The molecule has 1 unspecified atom stereocenters. The molecule has 0 spiro atoms. The van der Waals surface area contributed by atoms with Crippen molar-refractivity contribution in [1.29, 1.82) is 0 Å². The Hall–Kier alpha value is -0.340. The molecule has 17 heavy (non-hydrogen) atoms. The van der Waals surface area contributed by atoms with Crippen LogP contribution in [0.1, 0.15) is 31.7 Å². The van der Waals surface area contributed by atoms with Crippen molar-refractivity contribution >= 4 is 15.9 Å². The van der Waals surface area contributed by atoms with Gasteiger partial charge >= 0.3 is 0 Å². The summed E-state index contributed by atoms with van der Waals surface area (Å²) < 4.78 is 0. The molecule has 0 saturated heterocycles. The van der Waals surface area contributed by atoms with Crippen LogP contribution in [-0.4, -0.2) is 30.4 Å². The van der Waals surface area contributed by atoms with Gasteiger partial charge in [-0.15, -0.1) is 0 Å². The number of alkyl halides is 1. The molecule has 1 rings (SSSR count). The number of halogens is 1. The van der Waals surface area contributed by atoms with Gasteiger partial charge in [0.05, 0.1) is 0 Å². The Morgan fingerprint density at radius 3 is 2.35 bits per heavy atom. The normalized spacial score (nSPS) is 13.3. The van der Waals surface area contributed by atoms with E-state index in [4.69, 9.17) is 0 Å². The molecule has 96 valence electrons. The number of nitrogens with zero attached hydrogens (tertiary/aromatic N) is 1. The summed E-state index contributed by atoms with van der Waals surface area (Å²) in [6.07, 6.45) is 1.28. The molecule has 0 amide bonds. The first-order valence-corrected chi connectivity index (χ1v) is 7.55. The van der Waals surface area contributed by atoms with Crippen LogP contribution >= 0.6 is 15.9 Å². The molecule has 0 aliphatic carbocycles. The fourth-order valence-corrected chi connectivity index (χ4v) is 2.49. The van der Waals surface area contributed by atoms with Gasteiger partial charge < -0.3 is 4.90 Å². The van der Waals surface area contributed by atoms with Crippen LogP contribution in [0, 0.1) is 5.92 Å². The Balaban J connectivity index is 2.47. The van der Waals surface area contributed by atoms with Crippen molar-refractivity contribution in [2.45, 2.75) is 26.2 Å².